The van der Waals surface area contributed by atoms with Crippen LogP contribution in [0.15, 0.2) is 60.7 Å². The van der Waals surface area contributed by atoms with Crippen molar-refractivity contribution in [2.45, 2.75) is 19.9 Å². The molecule has 0 radical (unpaired) electrons. The average Bonchev–Trinajstić information content (AvgIpc) is 2.57. The smallest absolute Gasteiger partial charge is 0.246 e. The minimum atomic E-state index is -0.413. The minimum absolute atomic E-state index is 0.137. The van der Waals surface area contributed by atoms with Crippen molar-refractivity contribution in [3.63, 3.8) is 0 Å². The quantitative estimate of drug-likeness (QED) is 0.797. The lowest BCUT2D eigenvalue weighted by Crippen LogP contribution is -2.32. The third kappa shape index (κ3) is 5.72. The minimum Gasteiger partial charge on any atom is -0.370 e. The van der Waals surface area contributed by atoms with Crippen molar-refractivity contribution in [3.8, 4) is 0 Å². The van der Waals surface area contributed by atoms with Crippen LogP contribution in [-0.2, 0) is 16.1 Å². The van der Waals surface area contributed by atoms with E-state index >= 15 is 0 Å². The lowest BCUT2D eigenvalue weighted by atomic mass is 10.1. The van der Waals surface area contributed by atoms with E-state index in [1.54, 1.807) is 17.1 Å². The van der Waals surface area contributed by atoms with E-state index in [4.69, 9.17) is 5.73 Å². The second-order valence-corrected chi connectivity index (χ2v) is 5.71. The van der Waals surface area contributed by atoms with Crippen molar-refractivity contribution in [3.05, 3.63) is 77.4 Å². The van der Waals surface area contributed by atoms with Crippen LogP contribution in [0.1, 0.15) is 23.1 Å². The normalized spacial score (nSPS) is 10.7. The molecular formula is C20H22N2O2. The molecule has 0 bridgehead atoms. The van der Waals surface area contributed by atoms with E-state index in [1.165, 1.54) is 0 Å². The molecule has 4 heteroatoms. The van der Waals surface area contributed by atoms with Gasteiger partial charge in [-0.2, -0.15) is 0 Å². The lowest BCUT2D eigenvalue weighted by molar-refractivity contribution is -0.127. The fourth-order valence-corrected chi connectivity index (χ4v) is 2.36. The Kier molecular flexibility index (Phi) is 6.32. The summed E-state index contributed by atoms with van der Waals surface area (Å²) in [6.07, 6.45) is 3.48. The summed E-state index contributed by atoms with van der Waals surface area (Å²) >= 11 is 0. The summed E-state index contributed by atoms with van der Waals surface area (Å²) in [4.78, 5) is 25.2. The fraction of sp³-hybridized carbons (Fsp3) is 0.200. The van der Waals surface area contributed by atoms with Crippen molar-refractivity contribution in [1.82, 2.24) is 4.90 Å². The number of amides is 2. The second kappa shape index (κ2) is 8.67. The van der Waals surface area contributed by atoms with Crippen molar-refractivity contribution in [2.75, 3.05) is 6.54 Å². The molecule has 0 aliphatic carbocycles. The van der Waals surface area contributed by atoms with Crippen LogP contribution in [0.25, 0.3) is 6.08 Å². The summed E-state index contributed by atoms with van der Waals surface area (Å²) in [5.74, 6) is -0.551. The number of carbonyl (C=O) groups is 2. The summed E-state index contributed by atoms with van der Waals surface area (Å²) < 4.78 is 0. The maximum Gasteiger partial charge on any atom is 0.246 e. The van der Waals surface area contributed by atoms with Gasteiger partial charge >= 0.3 is 0 Å². The van der Waals surface area contributed by atoms with Gasteiger partial charge in [0.25, 0.3) is 0 Å². The molecule has 124 valence electrons. The van der Waals surface area contributed by atoms with E-state index in [9.17, 15) is 9.59 Å². The number of nitrogens with zero attached hydrogens (tertiary/aromatic N) is 1. The third-order valence-corrected chi connectivity index (χ3v) is 3.62. The summed E-state index contributed by atoms with van der Waals surface area (Å²) in [5, 5.41) is 0. The molecule has 0 saturated heterocycles. The summed E-state index contributed by atoms with van der Waals surface area (Å²) in [6, 6.07) is 17.6. The highest BCUT2D eigenvalue weighted by atomic mass is 16.2. The molecule has 0 atom stereocenters. The number of rotatable bonds is 7. The molecule has 0 unspecified atom stereocenters. The van der Waals surface area contributed by atoms with Crippen molar-refractivity contribution in [1.29, 1.82) is 0 Å². The van der Waals surface area contributed by atoms with Crippen LogP contribution >= 0.6 is 0 Å². The summed E-state index contributed by atoms with van der Waals surface area (Å²) in [6.45, 7) is 2.76. The zero-order valence-electron chi connectivity index (χ0n) is 13.8. The van der Waals surface area contributed by atoms with Crippen LogP contribution in [-0.4, -0.2) is 23.3 Å². The lowest BCUT2D eigenvalue weighted by Gasteiger charge is -2.20. The number of hydrogen-bond donors (Lipinski definition) is 1. The van der Waals surface area contributed by atoms with E-state index in [2.05, 4.69) is 0 Å². The Morgan fingerprint density at radius 1 is 1.08 bits per heavy atom. The molecule has 0 aliphatic heterocycles. The van der Waals surface area contributed by atoms with Crippen molar-refractivity contribution < 1.29 is 9.59 Å². The molecule has 2 N–H and O–H groups in total. The van der Waals surface area contributed by atoms with E-state index in [0.29, 0.717) is 13.1 Å². The zero-order valence-corrected chi connectivity index (χ0v) is 13.8. The highest BCUT2D eigenvalue weighted by molar-refractivity contribution is 5.92. The molecule has 2 aromatic rings. The molecule has 2 aromatic carbocycles. The maximum absolute atomic E-state index is 12.5. The van der Waals surface area contributed by atoms with Gasteiger partial charge in [-0.25, -0.2) is 0 Å². The first-order valence-corrected chi connectivity index (χ1v) is 7.90. The number of aryl methyl sites for hydroxylation is 1. The van der Waals surface area contributed by atoms with Gasteiger partial charge in [-0.1, -0.05) is 60.2 Å². The van der Waals surface area contributed by atoms with Gasteiger partial charge in [0, 0.05) is 25.6 Å². The molecule has 0 aliphatic rings. The van der Waals surface area contributed by atoms with Gasteiger partial charge in [0.05, 0.1) is 0 Å². The Morgan fingerprint density at radius 2 is 1.83 bits per heavy atom. The van der Waals surface area contributed by atoms with Crippen LogP contribution in [0, 0.1) is 6.92 Å². The maximum atomic E-state index is 12.5. The first-order chi connectivity index (χ1) is 11.5. The Labute approximate surface area is 142 Å². The highest BCUT2D eigenvalue weighted by Crippen LogP contribution is 2.09. The number of benzene rings is 2. The Morgan fingerprint density at radius 3 is 2.50 bits per heavy atom. The van der Waals surface area contributed by atoms with Crippen LogP contribution in [0.4, 0.5) is 0 Å². The first kappa shape index (κ1) is 17.5. The van der Waals surface area contributed by atoms with Gasteiger partial charge in [0.15, 0.2) is 0 Å². The predicted molar refractivity (Wildman–Crippen MR) is 95.9 cm³/mol. The second-order valence-electron chi connectivity index (χ2n) is 5.71. The molecule has 2 rings (SSSR count). The van der Waals surface area contributed by atoms with Crippen LogP contribution in [0.2, 0.25) is 0 Å². The molecular weight excluding hydrogens is 300 g/mol. The first-order valence-electron chi connectivity index (χ1n) is 7.90. The molecule has 0 spiro atoms. The van der Waals surface area contributed by atoms with Gasteiger partial charge < -0.3 is 10.6 Å². The Hall–Kier alpha value is -2.88. The van der Waals surface area contributed by atoms with E-state index in [-0.39, 0.29) is 12.3 Å². The van der Waals surface area contributed by atoms with Crippen LogP contribution in [0.5, 0.6) is 0 Å². The highest BCUT2D eigenvalue weighted by Gasteiger charge is 2.12. The van der Waals surface area contributed by atoms with Crippen LogP contribution < -0.4 is 5.73 Å². The van der Waals surface area contributed by atoms with E-state index < -0.39 is 5.91 Å². The summed E-state index contributed by atoms with van der Waals surface area (Å²) in [5.41, 5.74) is 8.34. The summed E-state index contributed by atoms with van der Waals surface area (Å²) in [7, 11) is 0. The molecule has 2 amide bonds. The van der Waals surface area contributed by atoms with Crippen molar-refractivity contribution >= 4 is 17.9 Å². The molecule has 0 heterocycles. The fourth-order valence-electron chi connectivity index (χ4n) is 2.36. The van der Waals surface area contributed by atoms with Gasteiger partial charge in [-0.15, -0.1) is 0 Å². The third-order valence-electron chi connectivity index (χ3n) is 3.62. The average molecular weight is 322 g/mol. The SMILES string of the molecule is Cc1cccc(/C=C/C(=O)N(CCC(N)=O)Cc2ccccc2)c1. The van der Waals surface area contributed by atoms with Crippen molar-refractivity contribution in [2.24, 2.45) is 5.73 Å². The van der Waals surface area contributed by atoms with Gasteiger partial charge in [0.2, 0.25) is 11.8 Å². The molecule has 4 nitrogen and oxygen atoms in total. The Bertz CT molecular complexity index is 723. The number of nitrogens with two attached hydrogens (primary N) is 1. The zero-order chi connectivity index (χ0) is 17.4. The molecule has 24 heavy (non-hydrogen) atoms. The number of primary amides is 1. The molecule has 0 fully saturated rings. The van der Waals surface area contributed by atoms with Gasteiger partial charge in [-0.3, -0.25) is 9.59 Å². The predicted octanol–water partition coefficient (Wildman–Crippen LogP) is 2.91. The molecule has 0 aromatic heterocycles. The Balaban J connectivity index is 2.09. The number of hydrogen-bond acceptors (Lipinski definition) is 2. The van der Waals surface area contributed by atoms with Crippen LogP contribution in [0.3, 0.4) is 0 Å². The van der Waals surface area contributed by atoms with E-state index in [0.717, 1.165) is 16.7 Å². The van der Waals surface area contributed by atoms with Gasteiger partial charge in [-0.05, 0) is 24.1 Å². The topological polar surface area (TPSA) is 63.4 Å². The standard InChI is InChI=1S/C20H22N2O2/c1-16-6-5-9-17(14-16)10-11-20(24)22(13-12-19(21)23)15-18-7-3-2-4-8-18/h2-11,14H,12-13,15H2,1H3,(H2,21,23)/b11-10+. The monoisotopic (exact) mass is 322 g/mol. The molecule has 0 saturated carbocycles. The van der Waals surface area contributed by atoms with E-state index in [1.807, 2.05) is 61.5 Å². The largest absolute Gasteiger partial charge is 0.370 e. The number of carbonyl (C=O) groups excluding carboxylic acids is 2. The van der Waals surface area contributed by atoms with Gasteiger partial charge in [0.1, 0.15) is 0 Å².